The Kier molecular flexibility index (Phi) is 35.7. The zero-order chi connectivity index (χ0) is 39.2. The third-order valence-corrected chi connectivity index (χ3v) is 11.3. The van der Waals surface area contributed by atoms with Gasteiger partial charge in [0.2, 0.25) is 0 Å². The zero-order valence-electron chi connectivity index (χ0n) is 36.1. The molecule has 0 aromatic carbocycles. The first-order chi connectivity index (χ1) is 26.5. The number of esters is 3. The highest BCUT2D eigenvalue weighted by atomic mass is 16.5. The van der Waals surface area contributed by atoms with Crippen molar-refractivity contribution >= 4 is 17.9 Å². The molecule has 1 aliphatic rings. The molecule has 318 valence electrons. The number of carbonyl (C=O) groups is 3. The zero-order valence-corrected chi connectivity index (χ0v) is 36.1. The lowest BCUT2D eigenvalue weighted by Crippen LogP contribution is -2.38. The fourth-order valence-electron chi connectivity index (χ4n) is 7.77. The molecule has 0 aliphatic carbocycles. The molecule has 1 fully saturated rings. The van der Waals surface area contributed by atoms with Gasteiger partial charge in [-0.3, -0.25) is 19.3 Å². The Morgan fingerprint density at radius 3 is 1.46 bits per heavy atom. The maximum absolute atomic E-state index is 12.8. The van der Waals surface area contributed by atoms with E-state index < -0.39 is 0 Å². The third kappa shape index (κ3) is 30.6. The van der Waals surface area contributed by atoms with Gasteiger partial charge in [0.25, 0.3) is 0 Å². The number of ether oxygens (including phenoxy) is 3. The summed E-state index contributed by atoms with van der Waals surface area (Å²) in [5.74, 6) is -0.165. The van der Waals surface area contributed by atoms with E-state index in [-0.39, 0.29) is 30.1 Å². The molecule has 0 radical (unpaired) electrons. The summed E-state index contributed by atoms with van der Waals surface area (Å²) in [6, 6.07) is -0.122. The lowest BCUT2D eigenvalue weighted by Gasteiger charge is -2.22. The second kappa shape index (κ2) is 38.3. The van der Waals surface area contributed by atoms with Gasteiger partial charge in [-0.2, -0.15) is 0 Å². The van der Waals surface area contributed by atoms with Crippen LogP contribution < -0.4 is 0 Å². The molecule has 1 unspecified atom stereocenters. The lowest BCUT2D eigenvalue weighted by atomic mass is 10.0. The molecular formula is C47H89NO6. The average molecular weight is 764 g/mol. The summed E-state index contributed by atoms with van der Waals surface area (Å²) >= 11 is 0. The van der Waals surface area contributed by atoms with Crippen LogP contribution in [-0.4, -0.2) is 61.3 Å². The Morgan fingerprint density at radius 2 is 0.926 bits per heavy atom. The van der Waals surface area contributed by atoms with Gasteiger partial charge in [0.05, 0.1) is 13.2 Å². The molecule has 1 saturated heterocycles. The molecule has 1 aliphatic heterocycles. The van der Waals surface area contributed by atoms with Crippen LogP contribution in [0.5, 0.6) is 0 Å². The Balaban J connectivity index is 2.09. The molecule has 0 bridgehead atoms. The maximum atomic E-state index is 12.8. The van der Waals surface area contributed by atoms with E-state index in [1.54, 1.807) is 0 Å². The van der Waals surface area contributed by atoms with Gasteiger partial charge in [0, 0.05) is 12.8 Å². The number of hydrogen-bond acceptors (Lipinski definition) is 7. The molecule has 0 spiro atoms. The first-order valence-corrected chi connectivity index (χ1v) is 23.8. The first kappa shape index (κ1) is 50.4. The van der Waals surface area contributed by atoms with E-state index in [0.29, 0.717) is 26.1 Å². The van der Waals surface area contributed by atoms with E-state index in [1.807, 2.05) is 0 Å². The SMILES string of the molecule is CCCCCCCCCCCOC(=O)CCCCCN1CCCC1C(=O)OCCCCCCCC(=O)OC(CCCCCCCC)CCCCCCCC. The van der Waals surface area contributed by atoms with Crippen molar-refractivity contribution in [2.45, 2.75) is 258 Å². The van der Waals surface area contributed by atoms with Crippen LogP contribution in [0.1, 0.15) is 245 Å². The van der Waals surface area contributed by atoms with Crippen molar-refractivity contribution in [3.05, 3.63) is 0 Å². The second-order valence-corrected chi connectivity index (χ2v) is 16.5. The van der Waals surface area contributed by atoms with Crippen LogP contribution in [0.2, 0.25) is 0 Å². The van der Waals surface area contributed by atoms with Crippen molar-refractivity contribution in [3.8, 4) is 0 Å². The highest BCUT2D eigenvalue weighted by molar-refractivity contribution is 5.76. The Hall–Kier alpha value is -1.63. The standard InChI is InChI=1S/C47H89NO6/c1-4-7-10-13-16-17-18-23-31-41-52-45(49)37-29-25-30-39-48-40-33-36-44(48)47(51)53-42-32-24-19-22-28-38-46(50)54-43(34-26-20-14-11-8-5-2)35-27-21-15-12-9-6-3/h43-44H,4-42H2,1-3H3. The normalized spacial score (nSPS) is 14.6. The van der Waals surface area contributed by atoms with E-state index in [9.17, 15) is 14.4 Å². The highest BCUT2D eigenvalue weighted by Crippen LogP contribution is 2.21. The van der Waals surface area contributed by atoms with E-state index in [4.69, 9.17) is 14.2 Å². The number of rotatable bonds is 40. The lowest BCUT2D eigenvalue weighted by molar-refractivity contribution is -0.150. The summed E-state index contributed by atoms with van der Waals surface area (Å²) < 4.78 is 17.1. The van der Waals surface area contributed by atoms with Crippen LogP contribution in [0.25, 0.3) is 0 Å². The summed E-state index contributed by atoms with van der Waals surface area (Å²) in [4.78, 5) is 39.9. The van der Waals surface area contributed by atoms with Crippen LogP contribution in [0.3, 0.4) is 0 Å². The summed E-state index contributed by atoms with van der Waals surface area (Å²) in [5.41, 5.74) is 0. The number of unbranched alkanes of at least 4 members (excludes halogenated alkanes) is 24. The molecule has 1 heterocycles. The fraction of sp³-hybridized carbons (Fsp3) is 0.936. The highest BCUT2D eigenvalue weighted by Gasteiger charge is 2.31. The van der Waals surface area contributed by atoms with Gasteiger partial charge in [-0.05, 0) is 83.7 Å². The van der Waals surface area contributed by atoms with Crippen molar-refractivity contribution in [1.29, 1.82) is 0 Å². The van der Waals surface area contributed by atoms with E-state index in [1.165, 1.54) is 122 Å². The van der Waals surface area contributed by atoms with Crippen molar-refractivity contribution < 1.29 is 28.6 Å². The Labute approximate surface area is 334 Å². The molecule has 0 amide bonds. The molecule has 0 aromatic heterocycles. The molecule has 1 atom stereocenters. The second-order valence-electron chi connectivity index (χ2n) is 16.5. The molecule has 0 aromatic rings. The maximum Gasteiger partial charge on any atom is 0.323 e. The first-order valence-electron chi connectivity index (χ1n) is 23.8. The molecular weight excluding hydrogens is 675 g/mol. The van der Waals surface area contributed by atoms with Gasteiger partial charge < -0.3 is 14.2 Å². The number of carbonyl (C=O) groups excluding carboxylic acids is 3. The van der Waals surface area contributed by atoms with Gasteiger partial charge in [0.1, 0.15) is 12.1 Å². The molecule has 7 nitrogen and oxygen atoms in total. The minimum Gasteiger partial charge on any atom is -0.466 e. The van der Waals surface area contributed by atoms with Crippen LogP contribution >= 0.6 is 0 Å². The summed E-state index contributed by atoms with van der Waals surface area (Å²) in [6.45, 7) is 9.63. The molecule has 0 N–H and O–H groups in total. The number of nitrogens with zero attached hydrogens (tertiary/aromatic N) is 1. The minimum atomic E-state index is -0.122. The van der Waals surface area contributed by atoms with E-state index in [0.717, 1.165) is 103 Å². The van der Waals surface area contributed by atoms with Crippen molar-refractivity contribution in [2.24, 2.45) is 0 Å². The van der Waals surface area contributed by atoms with Gasteiger partial charge in [-0.15, -0.1) is 0 Å². The summed E-state index contributed by atoms with van der Waals surface area (Å²) in [5, 5.41) is 0. The summed E-state index contributed by atoms with van der Waals surface area (Å²) in [6.07, 6.45) is 39.3. The molecule has 0 saturated carbocycles. The predicted octanol–water partition coefficient (Wildman–Crippen LogP) is 13.4. The smallest absolute Gasteiger partial charge is 0.323 e. The van der Waals surface area contributed by atoms with Crippen molar-refractivity contribution in [2.75, 3.05) is 26.3 Å². The van der Waals surface area contributed by atoms with Crippen LogP contribution in [-0.2, 0) is 28.6 Å². The molecule has 1 rings (SSSR count). The topological polar surface area (TPSA) is 82.1 Å². The van der Waals surface area contributed by atoms with Gasteiger partial charge in [-0.25, -0.2) is 0 Å². The van der Waals surface area contributed by atoms with Crippen molar-refractivity contribution in [1.82, 2.24) is 4.90 Å². The molecule has 54 heavy (non-hydrogen) atoms. The average Bonchev–Trinajstić information content (AvgIpc) is 3.64. The predicted molar refractivity (Wildman–Crippen MR) is 226 cm³/mol. The van der Waals surface area contributed by atoms with Gasteiger partial charge >= 0.3 is 17.9 Å². The third-order valence-electron chi connectivity index (χ3n) is 11.3. The monoisotopic (exact) mass is 764 g/mol. The fourth-order valence-corrected chi connectivity index (χ4v) is 7.77. The van der Waals surface area contributed by atoms with Crippen LogP contribution in [0, 0.1) is 0 Å². The number of likely N-dealkylation sites (tertiary alicyclic amines) is 1. The van der Waals surface area contributed by atoms with Crippen LogP contribution in [0.15, 0.2) is 0 Å². The van der Waals surface area contributed by atoms with E-state index >= 15 is 0 Å². The van der Waals surface area contributed by atoms with Crippen molar-refractivity contribution in [3.63, 3.8) is 0 Å². The number of hydrogen-bond donors (Lipinski definition) is 0. The van der Waals surface area contributed by atoms with Crippen LogP contribution in [0.4, 0.5) is 0 Å². The quantitative estimate of drug-likeness (QED) is 0.0349. The minimum absolute atomic E-state index is 0.0193. The Bertz CT molecular complexity index is 849. The van der Waals surface area contributed by atoms with Gasteiger partial charge in [-0.1, -0.05) is 162 Å². The largest absolute Gasteiger partial charge is 0.466 e. The van der Waals surface area contributed by atoms with Gasteiger partial charge in [0.15, 0.2) is 0 Å². The van der Waals surface area contributed by atoms with E-state index in [2.05, 4.69) is 25.7 Å². The molecule has 7 heteroatoms. The Morgan fingerprint density at radius 1 is 0.500 bits per heavy atom. The summed E-state index contributed by atoms with van der Waals surface area (Å²) in [7, 11) is 0.